The molecule has 0 aliphatic rings. The van der Waals surface area contributed by atoms with Gasteiger partial charge in [0.05, 0.1) is 4.92 Å². The number of hydrogen-bond acceptors (Lipinski definition) is 6. The maximum absolute atomic E-state index is 12.1. The standard InChI is InChI=1S/C23H27N5O2/c1-3-4-15-26(2)22-21(28(29)30)23(25-18-24-22)27(16-19-11-7-5-8-12-19)17-20-13-9-6-10-14-20/h5-14,18H,3-4,15-17H2,1-2H3. The third-order valence-electron chi connectivity index (χ3n) is 4.91. The highest BCUT2D eigenvalue weighted by Gasteiger charge is 2.29. The van der Waals surface area contributed by atoms with Gasteiger partial charge in [-0.2, -0.15) is 0 Å². The molecule has 30 heavy (non-hydrogen) atoms. The van der Waals surface area contributed by atoms with Crippen molar-refractivity contribution < 1.29 is 4.92 Å². The Morgan fingerprint density at radius 2 is 1.43 bits per heavy atom. The van der Waals surface area contributed by atoms with Crippen LogP contribution in [0.4, 0.5) is 17.3 Å². The van der Waals surface area contributed by atoms with E-state index in [1.165, 1.54) is 6.33 Å². The molecule has 0 N–H and O–H groups in total. The zero-order valence-corrected chi connectivity index (χ0v) is 17.4. The van der Waals surface area contributed by atoms with Crippen LogP contribution in [0.2, 0.25) is 0 Å². The lowest BCUT2D eigenvalue weighted by Crippen LogP contribution is -2.27. The van der Waals surface area contributed by atoms with Crippen LogP contribution < -0.4 is 9.80 Å². The van der Waals surface area contributed by atoms with Gasteiger partial charge >= 0.3 is 5.69 Å². The summed E-state index contributed by atoms with van der Waals surface area (Å²) in [5.74, 6) is 0.686. The summed E-state index contributed by atoms with van der Waals surface area (Å²) in [5.41, 5.74) is 2.06. The van der Waals surface area contributed by atoms with Crippen LogP contribution in [0.5, 0.6) is 0 Å². The summed E-state index contributed by atoms with van der Waals surface area (Å²) in [6.07, 6.45) is 3.36. The highest BCUT2D eigenvalue weighted by molar-refractivity contribution is 5.71. The number of nitrogens with zero attached hydrogens (tertiary/aromatic N) is 5. The van der Waals surface area contributed by atoms with Crippen molar-refractivity contribution in [2.75, 3.05) is 23.4 Å². The molecular formula is C23H27N5O2. The first-order valence-corrected chi connectivity index (χ1v) is 10.1. The molecule has 0 saturated carbocycles. The van der Waals surface area contributed by atoms with Gasteiger partial charge < -0.3 is 9.80 Å². The van der Waals surface area contributed by atoms with Gasteiger partial charge in [0, 0.05) is 26.7 Å². The molecule has 0 aliphatic carbocycles. The van der Waals surface area contributed by atoms with Crippen molar-refractivity contribution in [1.29, 1.82) is 0 Å². The molecule has 156 valence electrons. The van der Waals surface area contributed by atoms with E-state index in [1.807, 2.05) is 77.5 Å². The second kappa shape index (κ2) is 10.3. The summed E-state index contributed by atoms with van der Waals surface area (Å²) in [4.78, 5) is 24.1. The minimum atomic E-state index is -0.365. The fourth-order valence-corrected chi connectivity index (χ4v) is 3.35. The van der Waals surface area contributed by atoms with Gasteiger partial charge in [-0.1, -0.05) is 74.0 Å². The van der Waals surface area contributed by atoms with Crippen molar-refractivity contribution in [3.8, 4) is 0 Å². The molecule has 0 aliphatic heterocycles. The summed E-state index contributed by atoms with van der Waals surface area (Å²) in [6.45, 7) is 3.80. The van der Waals surface area contributed by atoms with E-state index in [-0.39, 0.29) is 10.6 Å². The van der Waals surface area contributed by atoms with E-state index < -0.39 is 0 Å². The average Bonchev–Trinajstić information content (AvgIpc) is 2.78. The molecular weight excluding hydrogens is 378 g/mol. The number of benzene rings is 2. The molecule has 1 aromatic heterocycles. The highest BCUT2D eigenvalue weighted by atomic mass is 16.6. The molecule has 1 heterocycles. The van der Waals surface area contributed by atoms with Crippen molar-refractivity contribution in [3.05, 3.63) is 88.2 Å². The average molecular weight is 406 g/mol. The molecule has 0 spiro atoms. The largest absolute Gasteiger partial charge is 0.354 e. The predicted octanol–water partition coefficient (Wildman–Crippen LogP) is 4.83. The molecule has 7 nitrogen and oxygen atoms in total. The van der Waals surface area contributed by atoms with E-state index in [4.69, 9.17) is 0 Å². The van der Waals surface area contributed by atoms with Crippen LogP contribution >= 0.6 is 0 Å². The Kier molecular flexibility index (Phi) is 7.32. The van der Waals surface area contributed by atoms with Gasteiger partial charge in [0.1, 0.15) is 6.33 Å². The zero-order valence-electron chi connectivity index (χ0n) is 17.4. The highest BCUT2D eigenvalue weighted by Crippen LogP contribution is 2.35. The molecule has 0 fully saturated rings. The number of aromatic nitrogens is 2. The van der Waals surface area contributed by atoms with Crippen LogP contribution in [-0.4, -0.2) is 28.5 Å². The molecule has 0 bridgehead atoms. The predicted molar refractivity (Wildman–Crippen MR) is 120 cm³/mol. The van der Waals surface area contributed by atoms with Crippen molar-refractivity contribution in [2.24, 2.45) is 0 Å². The summed E-state index contributed by atoms with van der Waals surface area (Å²) in [7, 11) is 1.84. The molecule has 3 aromatic rings. The Labute approximate surface area is 177 Å². The SMILES string of the molecule is CCCCN(C)c1ncnc(N(Cc2ccccc2)Cc2ccccc2)c1[N+](=O)[O-]. The van der Waals surface area contributed by atoms with Crippen molar-refractivity contribution in [3.63, 3.8) is 0 Å². The molecule has 0 unspecified atom stereocenters. The monoisotopic (exact) mass is 405 g/mol. The molecule has 0 saturated heterocycles. The Morgan fingerprint density at radius 1 is 0.900 bits per heavy atom. The van der Waals surface area contributed by atoms with E-state index >= 15 is 0 Å². The number of anilines is 2. The third kappa shape index (κ3) is 5.31. The molecule has 0 amide bonds. The van der Waals surface area contributed by atoms with Crippen LogP contribution in [0.1, 0.15) is 30.9 Å². The van der Waals surface area contributed by atoms with Gasteiger partial charge in [0.2, 0.25) is 11.6 Å². The van der Waals surface area contributed by atoms with E-state index in [0.29, 0.717) is 31.3 Å². The van der Waals surface area contributed by atoms with Gasteiger partial charge in [-0.3, -0.25) is 10.1 Å². The number of rotatable bonds is 10. The van der Waals surface area contributed by atoms with Crippen molar-refractivity contribution in [2.45, 2.75) is 32.9 Å². The lowest BCUT2D eigenvalue weighted by atomic mass is 10.1. The first-order valence-electron chi connectivity index (χ1n) is 10.1. The quantitative estimate of drug-likeness (QED) is 0.355. The summed E-state index contributed by atoms with van der Waals surface area (Å²) < 4.78 is 0. The van der Waals surface area contributed by atoms with E-state index in [0.717, 1.165) is 24.0 Å². The molecule has 2 aromatic carbocycles. The lowest BCUT2D eigenvalue weighted by Gasteiger charge is -2.25. The van der Waals surface area contributed by atoms with E-state index in [1.54, 1.807) is 0 Å². The molecule has 0 atom stereocenters. The maximum Gasteiger partial charge on any atom is 0.353 e. The molecule has 7 heteroatoms. The van der Waals surface area contributed by atoms with Crippen LogP contribution in [0.15, 0.2) is 67.0 Å². The van der Waals surface area contributed by atoms with Gasteiger partial charge in [0.25, 0.3) is 0 Å². The second-order valence-corrected chi connectivity index (χ2v) is 7.23. The van der Waals surface area contributed by atoms with Gasteiger partial charge in [-0.15, -0.1) is 0 Å². The van der Waals surface area contributed by atoms with Crippen LogP contribution in [0.25, 0.3) is 0 Å². The normalized spacial score (nSPS) is 10.6. The Morgan fingerprint density at radius 3 is 1.93 bits per heavy atom. The summed E-state index contributed by atoms with van der Waals surface area (Å²) in [5, 5.41) is 12.1. The topological polar surface area (TPSA) is 75.4 Å². The number of unbranched alkanes of at least 4 members (excludes halogenated alkanes) is 1. The fraction of sp³-hybridized carbons (Fsp3) is 0.304. The minimum absolute atomic E-state index is 0.0528. The molecule has 0 radical (unpaired) electrons. The van der Waals surface area contributed by atoms with Crippen molar-refractivity contribution >= 4 is 17.3 Å². The Balaban J connectivity index is 2.03. The fourth-order valence-electron chi connectivity index (χ4n) is 3.35. The van der Waals surface area contributed by atoms with Gasteiger partial charge in [-0.05, 0) is 17.5 Å². The van der Waals surface area contributed by atoms with Crippen LogP contribution in [0.3, 0.4) is 0 Å². The van der Waals surface area contributed by atoms with E-state index in [2.05, 4.69) is 16.9 Å². The first kappa shape index (κ1) is 21.2. The van der Waals surface area contributed by atoms with Crippen LogP contribution in [-0.2, 0) is 13.1 Å². The number of nitro groups is 1. The maximum atomic E-state index is 12.1. The van der Waals surface area contributed by atoms with Crippen molar-refractivity contribution in [1.82, 2.24) is 9.97 Å². The smallest absolute Gasteiger partial charge is 0.353 e. The lowest BCUT2D eigenvalue weighted by molar-refractivity contribution is -0.383. The van der Waals surface area contributed by atoms with Gasteiger partial charge in [-0.25, -0.2) is 9.97 Å². The Hall–Kier alpha value is -3.48. The summed E-state index contributed by atoms with van der Waals surface area (Å²) in [6, 6.07) is 19.8. The van der Waals surface area contributed by atoms with Crippen LogP contribution in [0, 0.1) is 10.1 Å². The minimum Gasteiger partial charge on any atom is -0.354 e. The Bertz CT molecular complexity index is 909. The zero-order chi connectivity index (χ0) is 21.3. The first-order chi connectivity index (χ1) is 14.6. The third-order valence-corrected chi connectivity index (χ3v) is 4.91. The summed E-state index contributed by atoms with van der Waals surface area (Å²) >= 11 is 0. The van der Waals surface area contributed by atoms with E-state index in [9.17, 15) is 10.1 Å². The molecule has 3 rings (SSSR count). The number of hydrogen-bond donors (Lipinski definition) is 0. The second-order valence-electron chi connectivity index (χ2n) is 7.23. The van der Waals surface area contributed by atoms with Gasteiger partial charge in [0.15, 0.2) is 0 Å².